The number of carbonyl (C=O) groups is 4. The van der Waals surface area contributed by atoms with E-state index in [2.05, 4.69) is 21.3 Å². The van der Waals surface area contributed by atoms with Gasteiger partial charge in [0.25, 0.3) is 5.08 Å². The Morgan fingerprint density at radius 2 is 0.918 bits per heavy atom. The summed E-state index contributed by atoms with van der Waals surface area (Å²) >= 11 is 1.40. The highest BCUT2D eigenvalue weighted by Gasteiger charge is 2.58. The summed E-state index contributed by atoms with van der Waals surface area (Å²) in [6.45, 7) is -1.78. The van der Waals surface area contributed by atoms with Gasteiger partial charge >= 0.3 is 15.2 Å². The summed E-state index contributed by atoms with van der Waals surface area (Å²) in [6, 6.07) is 29.3. The highest BCUT2D eigenvalue weighted by Crippen LogP contribution is 2.69. The molecule has 0 aliphatic rings. The summed E-state index contributed by atoms with van der Waals surface area (Å²) in [6.07, 6.45) is -1.41. The number of rotatable bonds is 18. The Morgan fingerprint density at radius 3 is 1.29 bits per heavy atom. The quantitative estimate of drug-likeness (QED) is 0.0503. The van der Waals surface area contributed by atoms with E-state index in [9.17, 15) is 33.4 Å². The van der Waals surface area contributed by atoms with Gasteiger partial charge in [0.1, 0.15) is 0 Å². The molecule has 0 aromatic heterocycles. The molecule has 0 heterocycles. The van der Waals surface area contributed by atoms with E-state index in [0.717, 1.165) is 16.7 Å². The van der Waals surface area contributed by atoms with Crippen LogP contribution in [-0.2, 0) is 33.1 Å². The van der Waals surface area contributed by atoms with Crippen molar-refractivity contribution >= 4 is 50.6 Å². The summed E-state index contributed by atoms with van der Waals surface area (Å²) in [5, 5.41) is 15.6. The summed E-state index contributed by atoms with van der Waals surface area (Å²) < 4.78 is 22.0. The molecule has 264 valence electrons. The molecule has 0 unspecified atom stereocenters. The zero-order valence-electron chi connectivity index (χ0n) is 26.1. The largest absolute Gasteiger partial charge is 0.369 e. The van der Waals surface area contributed by atoms with E-state index < -0.39 is 81.1 Å². The fraction of sp³-hybridized carbons (Fsp3) is 0.290. The molecule has 0 fully saturated rings. The lowest BCUT2D eigenvalue weighted by atomic mass is 9.84. The minimum Gasteiger partial charge on any atom is -0.368 e. The van der Waals surface area contributed by atoms with Crippen LogP contribution in [0.25, 0.3) is 0 Å². The van der Waals surface area contributed by atoms with Gasteiger partial charge in [0.2, 0.25) is 23.6 Å². The van der Waals surface area contributed by atoms with Crippen LogP contribution in [-0.4, -0.2) is 85.3 Å². The molecule has 9 N–H and O–H groups in total. The number of aliphatic hydroxyl groups is 1. The zero-order chi connectivity index (χ0) is 36.1. The van der Waals surface area contributed by atoms with Crippen molar-refractivity contribution < 1.29 is 53.0 Å². The number of benzene rings is 3. The molecule has 0 saturated carbocycles. The molecule has 3 aromatic carbocycles. The van der Waals surface area contributed by atoms with Crippen molar-refractivity contribution in [2.45, 2.75) is 22.7 Å². The maximum absolute atomic E-state index is 12.9. The van der Waals surface area contributed by atoms with Crippen LogP contribution < -0.4 is 21.3 Å². The third-order valence-electron chi connectivity index (χ3n) is 7.24. The topological polar surface area (TPSA) is 252 Å². The smallest absolute Gasteiger partial charge is 0.368 e. The molecule has 0 bridgehead atoms. The molecule has 0 radical (unpaired) electrons. The van der Waals surface area contributed by atoms with Crippen LogP contribution in [0.5, 0.6) is 0 Å². The van der Waals surface area contributed by atoms with E-state index >= 15 is 0 Å². The SMILES string of the molecule is O=C(CNC(=O)CNC(=O)CNC(=O)CSC(c1ccccc1)(c1ccccc1)c1ccccc1)NCCCC(O)(P(=O)(O)O)P(=O)(O)O. The summed E-state index contributed by atoms with van der Waals surface area (Å²) in [4.78, 5) is 85.8. The van der Waals surface area contributed by atoms with Gasteiger partial charge in [-0.1, -0.05) is 91.0 Å². The molecular formula is C31H38N4O11P2S. The van der Waals surface area contributed by atoms with Crippen molar-refractivity contribution in [2.24, 2.45) is 0 Å². The lowest BCUT2D eigenvalue weighted by molar-refractivity contribution is -0.128. The Morgan fingerprint density at radius 1 is 0.571 bits per heavy atom. The maximum atomic E-state index is 12.9. The van der Waals surface area contributed by atoms with Crippen LogP contribution in [0.4, 0.5) is 0 Å². The van der Waals surface area contributed by atoms with E-state index in [0.29, 0.717) is 0 Å². The molecule has 4 amide bonds. The average Bonchev–Trinajstić information content (AvgIpc) is 3.08. The van der Waals surface area contributed by atoms with E-state index in [-0.39, 0.29) is 12.3 Å². The predicted molar refractivity (Wildman–Crippen MR) is 182 cm³/mol. The lowest BCUT2D eigenvalue weighted by Crippen LogP contribution is -2.44. The number of nitrogens with one attached hydrogen (secondary N) is 4. The van der Waals surface area contributed by atoms with Crippen molar-refractivity contribution in [2.75, 3.05) is 31.9 Å². The Labute approximate surface area is 286 Å². The zero-order valence-corrected chi connectivity index (χ0v) is 28.7. The first kappa shape index (κ1) is 39.6. The van der Waals surface area contributed by atoms with Gasteiger partial charge in [-0.15, -0.1) is 11.8 Å². The summed E-state index contributed by atoms with van der Waals surface area (Å²) in [5.74, 6) is -2.55. The van der Waals surface area contributed by atoms with E-state index in [1.165, 1.54) is 11.8 Å². The Hall–Kier alpha value is -3.85. The van der Waals surface area contributed by atoms with Gasteiger partial charge < -0.3 is 45.9 Å². The molecule has 49 heavy (non-hydrogen) atoms. The summed E-state index contributed by atoms with van der Waals surface area (Å²) in [5.41, 5.74) is 2.90. The highest BCUT2D eigenvalue weighted by molar-refractivity contribution is 8.01. The molecular weight excluding hydrogens is 698 g/mol. The number of hydrogen-bond donors (Lipinski definition) is 9. The van der Waals surface area contributed by atoms with Crippen LogP contribution in [0.15, 0.2) is 91.0 Å². The van der Waals surface area contributed by atoms with E-state index in [1.807, 2.05) is 91.0 Å². The number of thioether (sulfide) groups is 1. The minimum absolute atomic E-state index is 0.000524. The molecule has 15 nitrogen and oxygen atoms in total. The standard InChI is InChI=1S/C31H38N4O11P2S/c36-26(32-18-10-17-30(40,47(41,42)43)48(44,45)46)19-33-27(37)20-34-28(38)21-35-29(39)22-49-31(23-11-4-1-5-12-23,24-13-6-2-7-14-24)25-15-8-3-9-16-25/h1-9,11-16,40H,10,17-22H2,(H,32,36)(H,33,37)(H,34,38)(H,35,39)(H2,41,42,43)(H2,44,45,46). The van der Waals surface area contributed by atoms with Gasteiger partial charge in [-0.3, -0.25) is 28.3 Å². The third kappa shape index (κ3) is 10.8. The van der Waals surface area contributed by atoms with Crippen molar-refractivity contribution in [3.8, 4) is 0 Å². The first-order chi connectivity index (χ1) is 23.1. The van der Waals surface area contributed by atoms with Crippen LogP contribution in [0.2, 0.25) is 0 Å². The van der Waals surface area contributed by atoms with Crippen molar-refractivity contribution in [1.82, 2.24) is 21.3 Å². The maximum Gasteiger partial charge on any atom is 0.369 e. The normalized spacial score (nSPS) is 12.1. The fourth-order valence-electron chi connectivity index (χ4n) is 4.73. The number of amides is 4. The Kier molecular flexibility index (Phi) is 14.3. The van der Waals surface area contributed by atoms with Gasteiger partial charge in [-0.05, 0) is 23.1 Å². The molecule has 0 atom stereocenters. The fourth-order valence-corrected chi connectivity index (χ4v) is 8.35. The molecule has 0 saturated heterocycles. The van der Waals surface area contributed by atoms with Crippen LogP contribution in [0.1, 0.15) is 29.5 Å². The molecule has 18 heteroatoms. The summed E-state index contributed by atoms with van der Waals surface area (Å²) in [7, 11) is -11.2. The van der Waals surface area contributed by atoms with Gasteiger partial charge in [-0.25, -0.2) is 0 Å². The van der Waals surface area contributed by atoms with E-state index in [1.54, 1.807) is 0 Å². The van der Waals surface area contributed by atoms with Crippen molar-refractivity contribution in [3.63, 3.8) is 0 Å². The van der Waals surface area contributed by atoms with Crippen LogP contribution >= 0.6 is 27.0 Å². The average molecular weight is 737 g/mol. The first-order valence-corrected chi connectivity index (χ1v) is 19.0. The Balaban J connectivity index is 1.45. The number of carbonyl (C=O) groups excluding carboxylic acids is 4. The second-order valence-electron chi connectivity index (χ2n) is 10.7. The van der Waals surface area contributed by atoms with E-state index in [4.69, 9.17) is 19.6 Å². The second-order valence-corrected chi connectivity index (χ2v) is 15.9. The Bertz CT molecular complexity index is 1550. The van der Waals surface area contributed by atoms with Crippen LogP contribution in [0, 0.1) is 0 Å². The van der Waals surface area contributed by atoms with Gasteiger partial charge in [0, 0.05) is 13.0 Å². The van der Waals surface area contributed by atoms with Gasteiger partial charge in [0.15, 0.2) is 0 Å². The molecule has 0 spiro atoms. The molecule has 3 aromatic rings. The first-order valence-electron chi connectivity index (χ1n) is 14.8. The minimum atomic E-state index is -5.61. The predicted octanol–water partition coefficient (Wildman–Crippen LogP) is 0.958. The van der Waals surface area contributed by atoms with Gasteiger partial charge in [-0.2, -0.15) is 0 Å². The highest BCUT2D eigenvalue weighted by atomic mass is 32.2. The third-order valence-corrected chi connectivity index (χ3v) is 12.7. The van der Waals surface area contributed by atoms with Crippen molar-refractivity contribution in [1.29, 1.82) is 0 Å². The lowest BCUT2D eigenvalue weighted by Gasteiger charge is -2.35. The monoisotopic (exact) mass is 736 g/mol. The molecule has 3 rings (SSSR count). The van der Waals surface area contributed by atoms with Crippen molar-refractivity contribution in [3.05, 3.63) is 108 Å². The van der Waals surface area contributed by atoms with Crippen LogP contribution in [0.3, 0.4) is 0 Å². The second kappa shape index (κ2) is 17.7. The van der Waals surface area contributed by atoms with Gasteiger partial charge in [0.05, 0.1) is 30.1 Å². The molecule has 0 aliphatic carbocycles. The molecule has 0 aliphatic heterocycles. The number of hydrogen-bond acceptors (Lipinski definition) is 8.